The molecular weight excluding hydrogens is 262 g/mol. The Kier molecular flexibility index (Phi) is 6.57. The summed E-state index contributed by atoms with van der Waals surface area (Å²) in [6.45, 7) is 10.0. The molecule has 0 saturated heterocycles. The second-order valence-corrected chi connectivity index (χ2v) is 7.18. The van der Waals surface area contributed by atoms with E-state index in [0.29, 0.717) is 12.5 Å². The molecule has 0 spiro atoms. The van der Waals surface area contributed by atoms with Crippen LogP contribution in [0.3, 0.4) is 0 Å². The van der Waals surface area contributed by atoms with E-state index in [1.165, 1.54) is 0 Å². The molecule has 3 unspecified atom stereocenters. The zero-order valence-corrected chi connectivity index (χ0v) is 13.3. The third kappa shape index (κ3) is 5.36. The summed E-state index contributed by atoms with van der Waals surface area (Å²) in [7, 11) is -0.796. The summed E-state index contributed by atoms with van der Waals surface area (Å²) in [5.74, 6) is 1.43. The number of rotatable bonds is 8. The SMILES string of the molecule is CC(C)CNC(C)c1nnnn1CCC(C)S(C)=O. The van der Waals surface area contributed by atoms with Crippen LogP contribution in [0.4, 0.5) is 0 Å². The van der Waals surface area contributed by atoms with Crippen LogP contribution in [0.15, 0.2) is 0 Å². The third-order valence-electron chi connectivity index (χ3n) is 3.09. The number of hydrogen-bond donors (Lipinski definition) is 1. The van der Waals surface area contributed by atoms with E-state index < -0.39 is 10.8 Å². The maximum atomic E-state index is 11.3. The summed E-state index contributed by atoms with van der Waals surface area (Å²) in [6.07, 6.45) is 2.55. The van der Waals surface area contributed by atoms with Gasteiger partial charge in [-0.3, -0.25) is 4.21 Å². The summed E-state index contributed by atoms with van der Waals surface area (Å²) in [5.41, 5.74) is 0. The Morgan fingerprint density at radius 1 is 1.32 bits per heavy atom. The number of tetrazole rings is 1. The molecule has 7 heteroatoms. The quantitative estimate of drug-likeness (QED) is 0.776. The van der Waals surface area contributed by atoms with Crippen molar-refractivity contribution in [2.75, 3.05) is 12.8 Å². The highest BCUT2D eigenvalue weighted by molar-refractivity contribution is 7.84. The Balaban J connectivity index is 2.56. The number of nitrogens with one attached hydrogen (secondary N) is 1. The van der Waals surface area contributed by atoms with Crippen molar-refractivity contribution >= 4 is 10.8 Å². The van der Waals surface area contributed by atoms with Gasteiger partial charge in [0.25, 0.3) is 0 Å². The van der Waals surface area contributed by atoms with Crippen molar-refractivity contribution < 1.29 is 4.21 Å². The molecule has 3 atom stereocenters. The molecule has 0 amide bonds. The van der Waals surface area contributed by atoms with Crippen molar-refractivity contribution in [1.82, 2.24) is 25.5 Å². The van der Waals surface area contributed by atoms with E-state index >= 15 is 0 Å². The lowest BCUT2D eigenvalue weighted by Gasteiger charge is -2.15. The fourth-order valence-corrected chi connectivity index (χ4v) is 2.09. The first-order valence-corrected chi connectivity index (χ1v) is 8.35. The minimum atomic E-state index is -0.796. The molecule has 0 aromatic carbocycles. The standard InChI is InChI=1S/C12H25N5OS/c1-9(2)8-13-11(4)12-14-15-16-17(12)7-6-10(3)19(5)18/h9-11,13H,6-8H2,1-5H3. The molecule has 0 radical (unpaired) electrons. The van der Waals surface area contributed by atoms with Crippen LogP contribution in [0.2, 0.25) is 0 Å². The van der Waals surface area contributed by atoms with Gasteiger partial charge >= 0.3 is 0 Å². The van der Waals surface area contributed by atoms with Crippen molar-refractivity contribution in [3.63, 3.8) is 0 Å². The molecule has 0 fully saturated rings. The molecule has 0 saturated carbocycles. The van der Waals surface area contributed by atoms with E-state index in [-0.39, 0.29) is 11.3 Å². The normalized spacial score (nSPS) is 16.5. The average Bonchev–Trinajstić information content (AvgIpc) is 2.81. The van der Waals surface area contributed by atoms with E-state index in [9.17, 15) is 4.21 Å². The highest BCUT2D eigenvalue weighted by atomic mass is 32.2. The zero-order valence-electron chi connectivity index (χ0n) is 12.5. The largest absolute Gasteiger partial charge is 0.307 e. The van der Waals surface area contributed by atoms with Gasteiger partial charge in [-0.2, -0.15) is 0 Å². The van der Waals surface area contributed by atoms with Gasteiger partial charge in [0.15, 0.2) is 5.82 Å². The maximum absolute atomic E-state index is 11.3. The average molecular weight is 287 g/mol. The number of aromatic nitrogens is 4. The van der Waals surface area contributed by atoms with Gasteiger partial charge in [0.2, 0.25) is 0 Å². The van der Waals surface area contributed by atoms with Crippen molar-refractivity contribution in [3.05, 3.63) is 5.82 Å². The second kappa shape index (κ2) is 7.69. The maximum Gasteiger partial charge on any atom is 0.167 e. The van der Waals surface area contributed by atoms with Crippen molar-refractivity contribution in [1.29, 1.82) is 0 Å². The molecule has 1 aromatic heterocycles. The lowest BCUT2D eigenvalue weighted by atomic mass is 10.2. The molecule has 1 heterocycles. The number of aryl methyl sites for hydroxylation is 1. The van der Waals surface area contributed by atoms with Gasteiger partial charge in [0.05, 0.1) is 6.04 Å². The van der Waals surface area contributed by atoms with Crippen LogP contribution in [-0.4, -0.2) is 42.5 Å². The van der Waals surface area contributed by atoms with Crippen LogP contribution in [0.5, 0.6) is 0 Å². The van der Waals surface area contributed by atoms with Crippen molar-refractivity contribution in [2.24, 2.45) is 5.92 Å². The summed E-state index contributed by atoms with van der Waals surface area (Å²) in [4.78, 5) is 0. The Morgan fingerprint density at radius 3 is 2.58 bits per heavy atom. The molecule has 6 nitrogen and oxygen atoms in total. The van der Waals surface area contributed by atoms with Crippen LogP contribution in [0, 0.1) is 5.92 Å². The minimum absolute atomic E-state index is 0.125. The van der Waals surface area contributed by atoms with Crippen LogP contribution in [-0.2, 0) is 17.3 Å². The van der Waals surface area contributed by atoms with Gasteiger partial charge in [-0.15, -0.1) is 5.10 Å². The molecular formula is C12H25N5OS. The lowest BCUT2D eigenvalue weighted by Crippen LogP contribution is -2.26. The van der Waals surface area contributed by atoms with Crippen molar-refractivity contribution in [2.45, 2.75) is 52.0 Å². The molecule has 0 aliphatic heterocycles. The Hall–Kier alpha value is -0.820. The third-order valence-corrected chi connectivity index (χ3v) is 4.46. The monoisotopic (exact) mass is 287 g/mol. The van der Waals surface area contributed by atoms with E-state index in [4.69, 9.17) is 0 Å². The molecule has 0 aliphatic rings. The highest BCUT2D eigenvalue weighted by Crippen LogP contribution is 2.10. The molecule has 1 N–H and O–H groups in total. The van der Waals surface area contributed by atoms with Crippen LogP contribution in [0.25, 0.3) is 0 Å². The second-order valence-electron chi connectivity index (χ2n) is 5.38. The first kappa shape index (κ1) is 16.2. The van der Waals surface area contributed by atoms with Gasteiger partial charge in [-0.25, -0.2) is 4.68 Å². The number of hydrogen-bond acceptors (Lipinski definition) is 5. The summed E-state index contributed by atoms with van der Waals surface area (Å²) >= 11 is 0. The molecule has 0 bridgehead atoms. The van der Waals surface area contributed by atoms with Gasteiger partial charge in [-0.05, 0) is 36.2 Å². The molecule has 0 aliphatic carbocycles. The van der Waals surface area contributed by atoms with Gasteiger partial charge < -0.3 is 5.32 Å². The molecule has 1 aromatic rings. The van der Waals surface area contributed by atoms with Gasteiger partial charge in [0, 0.05) is 28.9 Å². The Labute approximate surface area is 117 Å². The molecule has 1 rings (SSSR count). The molecule has 19 heavy (non-hydrogen) atoms. The first-order chi connectivity index (χ1) is 8.91. The number of nitrogens with zero attached hydrogens (tertiary/aromatic N) is 4. The van der Waals surface area contributed by atoms with Crippen LogP contribution >= 0.6 is 0 Å². The van der Waals surface area contributed by atoms with Crippen molar-refractivity contribution in [3.8, 4) is 0 Å². The molecule has 110 valence electrons. The summed E-state index contributed by atoms with van der Waals surface area (Å²) < 4.78 is 13.1. The Morgan fingerprint density at radius 2 is 2.00 bits per heavy atom. The van der Waals surface area contributed by atoms with E-state index in [1.807, 2.05) is 6.92 Å². The summed E-state index contributed by atoms with van der Waals surface area (Å²) in [5, 5.41) is 15.4. The first-order valence-electron chi connectivity index (χ1n) is 6.73. The zero-order chi connectivity index (χ0) is 14.4. The van der Waals surface area contributed by atoms with Gasteiger partial charge in [0.1, 0.15) is 0 Å². The van der Waals surface area contributed by atoms with Gasteiger partial charge in [-0.1, -0.05) is 20.8 Å². The van der Waals surface area contributed by atoms with Crippen LogP contribution < -0.4 is 5.32 Å². The fraction of sp³-hybridized carbons (Fsp3) is 0.917. The smallest absolute Gasteiger partial charge is 0.167 e. The predicted octanol–water partition coefficient (Wildman–Crippen LogP) is 1.14. The fourth-order valence-electron chi connectivity index (χ4n) is 1.65. The van der Waals surface area contributed by atoms with E-state index in [2.05, 4.69) is 41.6 Å². The van der Waals surface area contributed by atoms with E-state index in [0.717, 1.165) is 18.8 Å². The predicted molar refractivity (Wildman–Crippen MR) is 77.2 cm³/mol. The Bertz CT molecular complexity index is 407. The minimum Gasteiger partial charge on any atom is -0.307 e. The summed E-state index contributed by atoms with van der Waals surface area (Å²) in [6, 6.07) is 0.125. The lowest BCUT2D eigenvalue weighted by molar-refractivity contribution is 0.447. The topological polar surface area (TPSA) is 72.7 Å². The van der Waals surface area contributed by atoms with Crippen LogP contribution in [0.1, 0.15) is 46.0 Å². The highest BCUT2D eigenvalue weighted by Gasteiger charge is 2.15. The van der Waals surface area contributed by atoms with E-state index in [1.54, 1.807) is 10.9 Å².